The number of nitrogens with zero attached hydrogens (tertiary/aromatic N) is 3. The van der Waals surface area contributed by atoms with E-state index in [1.165, 1.54) is 6.42 Å². The van der Waals surface area contributed by atoms with E-state index in [-0.39, 0.29) is 11.8 Å². The van der Waals surface area contributed by atoms with Gasteiger partial charge in [0.1, 0.15) is 0 Å². The summed E-state index contributed by atoms with van der Waals surface area (Å²) in [5.74, 6) is 1.20. The van der Waals surface area contributed by atoms with Crippen LogP contribution in [0.4, 0.5) is 5.95 Å². The number of amides is 1. The van der Waals surface area contributed by atoms with Crippen LogP contribution in [0.15, 0.2) is 12.4 Å². The minimum atomic E-state index is 0.164. The molecule has 0 unspecified atom stereocenters. The minimum Gasteiger partial charge on any atom is -0.353 e. The molecule has 0 bridgehead atoms. The number of anilines is 1. The van der Waals surface area contributed by atoms with Gasteiger partial charge in [0.2, 0.25) is 11.9 Å². The lowest BCUT2D eigenvalue weighted by atomic mass is 9.90. The fourth-order valence-electron chi connectivity index (χ4n) is 2.76. The molecule has 2 heterocycles. The standard InChI is InChI=1S/C15H22N4O/c1-11-9-16-15(17-10-11)19-7-5-12(6-8-19)14(20)18-13-3-2-4-13/h9-10,12-13H,2-8H2,1H3,(H,18,20). The van der Waals surface area contributed by atoms with E-state index in [1.807, 2.05) is 19.3 Å². The zero-order valence-electron chi connectivity index (χ0n) is 12.0. The van der Waals surface area contributed by atoms with Gasteiger partial charge in [-0.3, -0.25) is 4.79 Å². The molecule has 2 fully saturated rings. The number of rotatable bonds is 3. The highest BCUT2D eigenvalue weighted by atomic mass is 16.1. The van der Waals surface area contributed by atoms with Crippen molar-refractivity contribution in [3.05, 3.63) is 18.0 Å². The van der Waals surface area contributed by atoms with E-state index in [2.05, 4.69) is 20.2 Å². The number of nitrogens with one attached hydrogen (secondary N) is 1. The summed E-state index contributed by atoms with van der Waals surface area (Å²) >= 11 is 0. The van der Waals surface area contributed by atoms with E-state index >= 15 is 0 Å². The molecule has 1 aliphatic heterocycles. The van der Waals surface area contributed by atoms with Crippen molar-refractivity contribution in [2.75, 3.05) is 18.0 Å². The molecule has 108 valence electrons. The van der Waals surface area contributed by atoms with Crippen molar-refractivity contribution in [2.45, 2.75) is 45.1 Å². The van der Waals surface area contributed by atoms with Crippen LogP contribution in [0.5, 0.6) is 0 Å². The van der Waals surface area contributed by atoms with Crippen LogP contribution in [0, 0.1) is 12.8 Å². The van der Waals surface area contributed by atoms with Gasteiger partial charge in [0.15, 0.2) is 0 Å². The number of carbonyl (C=O) groups excluding carboxylic acids is 1. The van der Waals surface area contributed by atoms with Crippen LogP contribution in [-0.4, -0.2) is 35.0 Å². The van der Waals surface area contributed by atoms with E-state index < -0.39 is 0 Å². The van der Waals surface area contributed by atoms with Crippen LogP contribution in [0.2, 0.25) is 0 Å². The molecule has 5 heteroatoms. The largest absolute Gasteiger partial charge is 0.353 e. The van der Waals surface area contributed by atoms with Gasteiger partial charge in [-0.2, -0.15) is 0 Å². The first-order valence-corrected chi connectivity index (χ1v) is 7.56. The molecule has 1 saturated carbocycles. The lowest BCUT2D eigenvalue weighted by molar-refractivity contribution is -0.126. The summed E-state index contributed by atoms with van der Waals surface area (Å²) in [6.45, 7) is 3.72. The van der Waals surface area contributed by atoms with Crippen LogP contribution in [0.1, 0.15) is 37.7 Å². The van der Waals surface area contributed by atoms with E-state index in [4.69, 9.17) is 0 Å². The van der Waals surface area contributed by atoms with Crippen LogP contribution < -0.4 is 10.2 Å². The SMILES string of the molecule is Cc1cnc(N2CCC(C(=O)NC3CCC3)CC2)nc1. The molecular formula is C15H22N4O. The van der Waals surface area contributed by atoms with E-state index in [0.29, 0.717) is 6.04 Å². The molecule has 0 aromatic carbocycles. The highest BCUT2D eigenvalue weighted by Gasteiger charge is 2.28. The number of hydrogen-bond acceptors (Lipinski definition) is 4. The molecule has 5 nitrogen and oxygen atoms in total. The molecule has 1 aliphatic carbocycles. The molecule has 2 aliphatic rings. The first-order valence-electron chi connectivity index (χ1n) is 7.56. The smallest absolute Gasteiger partial charge is 0.225 e. The molecular weight excluding hydrogens is 252 g/mol. The first kappa shape index (κ1) is 13.3. The maximum absolute atomic E-state index is 12.1. The normalized spacial score (nSPS) is 20.6. The summed E-state index contributed by atoms with van der Waals surface area (Å²) in [6.07, 6.45) is 9.05. The zero-order valence-corrected chi connectivity index (χ0v) is 12.0. The van der Waals surface area contributed by atoms with Crippen molar-refractivity contribution >= 4 is 11.9 Å². The highest BCUT2D eigenvalue weighted by molar-refractivity contribution is 5.79. The summed E-state index contributed by atoms with van der Waals surface area (Å²) in [6, 6.07) is 0.445. The lowest BCUT2D eigenvalue weighted by Gasteiger charge is -2.33. The molecule has 20 heavy (non-hydrogen) atoms. The molecule has 3 rings (SSSR count). The Kier molecular flexibility index (Phi) is 3.85. The van der Waals surface area contributed by atoms with Gasteiger partial charge in [-0.25, -0.2) is 9.97 Å². The van der Waals surface area contributed by atoms with Gasteiger partial charge in [-0.1, -0.05) is 0 Å². The molecule has 1 N–H and O–H groups in total. The molecule has 1 aromatic heterocycles. The van der Waals surface area contributed by atoms with Crippen molar-refractivity contribution in [3.63, 3.8) is 0 Å². The van der Waals surface area contributed by atoms with Crippen molar-refractivity contribution in [3.8, 4) is 0 Å². The number of hydrogen-bond donors (Lipinski definition) is 1. The zero-order chi connectivity index (χ0) is 13.9. The van der Waals surface area contributed by atoms with E-state index in [9.17, 15) is 4.79 Å². The Morgan fingerprint density at radius 1 is 1.20 bits per heavy atom. The van der Waals surface area contributed by atoms with E-state index in [0.717, 1.165) is 50.3 Å². The Balaban J connectivity index is 1.51. The fraction of sp³-hybridized carbons (Fsp3) is 0.667. The summed E-state index contributed by atoms with van der Waals surface area (Å²) in [7, 11) is 0. The summed E-state index contributed by atoms with van der Waals surface area (Å²) < 4.78 is 0. The predicted molar refractivity (Wildman–Crippen MR) is 77.5 cm³/mol. The molecule has 1 saturated heterocycles. The predicted octanol–water partition coefficient (Wildman–Crippen LogP) is 1.67. The fourth-order valence-corrected chi connectivity index (χ4v) is 2.76. The number of aromatic nitrogens is 2. The Morgan fingerprint density at radius 2 is 1.85 bits per heavy atom. The topological polar surface area (TPSA) is 58.1 Å². The van der Waals surface area contributed by atoms with Gasteiger partial charge in [-0.05, 0) is 44.6 Å². The number of piperidine rings is 1. The van der Waals surface area contributed by atoms with Gasteiger partial charge < -0.3 is 10.2 Å². The number of carbonyl (C=O) groups is 1. The quantitative estimate of drug-likeness (QED) is 0.911. The monoisotopic (exact) mass is 274 g/mol. The van der Waals surface area contributed by atoms with Gasteiger partial charge in [0.25, 0.3) is 0 Å². The van der Waals surface area contributed by atoms with Crippen LogP contribution in [-0.2, 0) is 4.79 Å². The second-order valence-corrected chi connectivity index (χ2v) is 5.96. The third-order valence-electron chi connectivity index (χ3n) is 4.37. The molecule has 1 aromatic rings. The second-order valence-electron chi connectivity index (χ2n) is 5.96. The minimum absolute atomic E-state index is 0.164. The molecule has 0 spiro atoms. The Hall–Kier alpha value is -1.65. The second kappa shape index (κ2) is 5.77. The third kappa shape index (κ3) is 2.92. The van der Waals surface area contributed by atoms with Gasteiger partial charge in [0, 0.05) is 37.4 Å². The maximum atomic E-state index is 12.1. The van der Waals surface area contributed by atoms with Crippen molar-refractivity contribution in [2.24, 2.45) is 5.92 Å². The molecule has 0 atom stereocenters. The van der Waals surface area contributed by atoms with Gasteiger partial charge >= 0.3 is 0 Å². The van der Waals surface area contributed by atoms with Crippen LogP contribution in [0.25, 0.3) is 0 Å². The number of aryl methyl sites for hydroxylation is 1. The summed E-state index contributed by atoms with van der Waals surface area (Å²) in [4.78, 5) is 23.0. The Bertz CT molecular complexity index is 461. The Morgan fingerprint density at radius 3 is 2.40 bits per heavy atom. The third-order valence-corrected chi connectivity index (χ3v) is 4.37. The average Bonchev–Trinajstić information content (AvgIpc) is 2.44. The van der Waals surface area contributed by atoms with Crippen LogP contribution >= 0.6 is 0 Å². The van der Waals surface area contributed by atoms with Crippen molar-refractivity contribution < 1.29 is 4.79 Å². The summed E-state index contributed by atoms with van der Waals surface area (Å²) in [5.41, 5.74) is 1.07. The maximum Gasteiger partial charge on any atom is 0.225 e. The summed E-state index contributed by atoms with van der Waals surface area (Å²) in [5, 5.41) is 3.16. The highest BCUT2D eigenvalue weighted by Crippen LogP contribution is 2.23. The lowest BCUT2D eigenvalue weighted by Crippen LogP contribution is -2.46. The van der Waals surface area contributed by atoms with Gasteiger partial charge in [0.05, 0.1) is 0 Å². The molecule has 0 radical (unpaired) electrons. The van der Waals surface area contributed by atoms with Gasteiger partial charge in [-0.15, -0.1) is 0 Å². The average molecular weight is 274 g/mol. The van der Waals surface area contributed by atoms with Crippen molar-refractivity contribution in [1.29, 1.82) is 0 Å². The van der Waals surface area contributed by atoms with Crippen molar-refractivity contribution in [1.82, 2.24) is 15.3 Å². The Labute approximate surface area is 119 Å². The molecule has 1 amide bonds. The van der Waals surface area contributed by atoms with E-state index in [1.54, 1.807) is 0 Å². The van der Waals surface area contributed by atoms with Crippen LogP contribution in [0.3, 0.4) is 0 Å². The first-order chi connectivity index (χ1) is 9.72.